The highest BCUT2D eigenvalue weighted by molar-refractivity contribution is 5.89. The highest BCUT2D eigenvalue weighted by atomic mass is 19.4. The van der Waals surface area contributed by atoms with Crippen molar-refractivity contribution in [2.45, 2.75) is 57.8 Å². The van der Waals surface area contributed by atoms with Crippen molar-refractivity contribution in [1.29, 1.82) is 0 Å². The van der Waals surface area contributed by atoms with Gasteiger partial charge in [-0.3, -0.25) is 9.88 Å². The Morgan fingerprint density at radius 3 is 2.61 bits per heavy atom. The molecule has 2 fully saturated rings. The number of imidazole rings is 1. The van der Waals surface area contributed by atoms with E-state index in [9.17, 15) is 18.0 Å². The van der Waals surface area contributed by atoms with Crippen LogP contribution in [0.25, 0.3) is 11.2 Å². The maximum atomic E-state index is 14.1. The standard InChI is InChI=1S/C33H37F3N8O2/c1-3-42-10-12-43(13-11-42)18-22-6-7-24(15-26(22)33(34,35)36)39-32(45)44-17-20(2)28-23(19-44)14-25(16-38-28)46-27-8-9-37-31-29(27)40-30(41-31)21-4-5-21/h6-9,14-16,20-21H,3-5,10-13,17-19H2,1-2H3,(H,39,45)(H,37,40,41). The number of amides is 2. The van der Waals surface area contributed by atoms with Crippen LogP contribution in [-0.4, -0.2) is 79.9 Å². The second-order valence-corrected chi connectivity index (χ2v) is 12.5. The lowest BCUT2D eigenvalue weighted by molar-refractivity contribution is -0.138. The van der Waals surface area contributed by atoms with Crippen LogP contribution >= 0.6 is 0 Å². The van der Waals surface area contributed by atoms with Crippen LogP contribution in [0, 0.1) is 0 Å². The van der Waals surface area contributed by atoms with Crippen LogP contribution in [0.3, 0.4) is 0 Å². The third kappa shape index (κ3) is 6.38. The summed E-state index contributed by atoms with van der Waals surface area (Å²) in [5.74, 6) is 2.33. The van der Waals surface area contributed by atoms with Gasteiger partial charge in [0.2, 0.25) is 0 Å². The minimum Gasteiger partial charge on any atom is -0.453 e. The van der Waals surface area contributed by atoms with Crippen LogP contribution in [0.1, 0.15) is 66.7 Å². The number of hydrogen-bond acceptors (Lipinski definition) is 7. The number of nitrogens with zero attached hydrogens (tertiary/aromatic N) is 6. The molecule has 3 aliphatic rings. The first kappa shape index (κ1) is 30.4. The molecule has 1 aromatic carbocycles. The SMILES string of the molecule is CCN1CCN(Cc2ccc(NC(=O)N3Cc4cc(Oc5ccnc6[nH]c(C7CC7)nc56)cnc4C(C)C3)cc2C(F)(F)F)CC1. The summed E-state index contributed by atoms with van der Waals surface area (Å²) < 4.78 is 48.7. The van der Waals surface area contributed by atoms with Crippen molar-refractivity contribution in [3.63, 3.8) is 0 Å². The Labute approximate surface area is 265 Å². The van der Waals surface area contributed by atoms with Crippen LogP contribution < -0.4 is 10.1 Å². The first-order valence-electron chi connectivity index (χ1n) is 15.9. The Morgan fingerprint density at radius 2 is 1.87 bits per heavy atom. The van der Waals surface area contributed by atoms with E-state index in [-0.39, 0.29) is 30.3 Å². The monoisotopic (exact) mass is 634 g/mol. The Morgan fingerprint density at radius 1 is 1.09 bits per heavy atom. The zero-order valence-corrected chi connectivity index (χ0v) is 25.9. The number of benzene rings is 1. The van der Waals surface area contributed by atoms with Crippen molar-refractivity contribution in [3.8, 4) is 11.5 Å². The first-order chi connectivity index (χ1) is 22.1. The molecule has 4 aromatic rings. The molecule has 7 rings (SSSR count). The van der Waals surface area contributed by atoms with Crippen molar-refractivity contribution in [3.05, 3.63) is 70.9 Å². The number of piperazine rings is 1. The largest absolute Gasteiger partial charge is 0.453 e. The van der Waals surface area contributed by atoms with Crippen molar-refractivity contribution < 1.29 is 22.7 Å². The third-order valence-electron chi connectivity index (χ3n) is 9.12. The average molecular weight is 635 g/mol. The van der Waals surface area contributed by atoms with Crippen LogP contribution in [-0.2, 0) is 19.3 Å². The number of H-pyrrole nitrogens is 1. The zero-order chi connectivity index (χ0) is 32.0. The number of aromatic nitrogens is 4. The summed E-state index contributed by atoms with van der Waals surface area (Å²) in [5, 5.41) is 2.71. The van der Waals surface area contributed by atoms with Crippen molar-refractivity contribution in [2.75, 3.05) is 44.6 Å². The first-order valence-corrected chi connectivity index (χ1v) is 15.9. The summed E-state index contributed by atoms with van der Waals surface area (Å²) in [7, 11) is 0. The van der Waals surface area contributed by atoms with E-state index in [2.05, 4.69) is 32.1 Å². The van der Waals surface area contributed by atoms with Gasteiger partial charge in [-0.15, -0.1) is 0 Å². The molecule has 3 aromatic heterocycles. The highest BCUT2D eigenvalue weighted by Crippen LogP contribution is 2.40. The number of hydrogen-bond donors (Lipinski definition) is 2. The number of carbonyl (C=O) groups excluding carboxylic acids is 1. The van der Waals surface area contributed by atoms with E-state index in [1.165, 1.54) is 6.07 Å². The second kappa shape index (κ2) is 12.2. The lowest BCUT2D eigenvalue weighted by atomic mass is 9.96. The van der Waals surface area contributed by atoms with Gasteiger partial charge in [-0.05, 0) is 48.7 Å². The van der Waals surface area contributed by atoms with Gasteiger partial charge in [0, 0.05) is 75.6 Å². The van der Waals surface area contributed by atoms with E-state index >= 15 is 0 Å². The minimum atomic E-state index is -4.54. The molecular formula is C33H37F3N8O2. The molecule has 1 unspecified atom stereocenters. The summed E-state index contributed by atoms with van der Waals surface area (Å²) >= 11 is 0. The summed E-state index contributed by atoms with van der Waals surface area (Å²) in [6, 6.07) is 7.22. The Bertz CT molecular complexity index is 1750. The number of pyridine rings is 2. The lowest BCUT2D eigenvalue weighted by Crippen LogP contribution is -2.45. The number of aromatic amines is 1. The quantitative estimate of drug-likeness (QED) is 0.245. The fourth-order valence-corrected chi connectivity index (χ4v) is 6.40. The topological polar surface area (TPSA) is 103 Å². The molecule has 5 heterocycles. The number of anilines is 1. The predicted octanol–water partition coefficient (Wildman–Crippen LogP) is 6.33. The number of urea groups is 1. The van der Waals surface area contributed by atoms with Crippen LogP contribution in [0.15, 0.2) is 42.7 Å². The van der Waals surface area contributed by atoms with Gasteiger partial charge in [0.25, 0.3) is 0 Å². The second-order valence-electron chi connectivity index (χ2n) is 12.5. The molecule has 2 amide bonds. The van der Waals surface area contributed by atoms with E-state index in [0.717, 1.165) is 68.7 Å². The van der Waals surface area contributed by atoms with Gasteiger partial charge in [0.05, 0.1) is 17.5 Å². The Balaban J connectivity index is 1.05. The number of nitrogens with one attached hydrogen (secondary N) is 2. The summed E-state index contributed by atoms with van der Waals surface area (Å²) in [4.78, 5) is 36.3. The number of ether oxygens (including phenoxy) is 1. The molecular weight excluding hydrogens is 597 g/mol. The van der Waals surface area contributed by atoms with Crippen LogP contribution in [0.5, 0.6) is 11.5 Å². The van der Waals surface area contributed by atoms with Gasteiger partial charge in [-0.2, -0.15) is 13.2 Å². The van der Waals surface area contributed by atoms with E-state index in [1.807, 2.05) is 17.9 Å². The van der Waals surface area contributed by atoms with E-state index in [1.54, 1.807) is 29.4 Å². The fraction of sp³-hybridized carbons (Fsp3) is 0.455. The molecule has 0 radical (unpaired) electrons. The van der Waals surface area contributed by atoms with Gasteiger partial charge in [0.15, 0.2) is 16.9 Å². The maximum absolute atomic E-state index is 14.1. The number of carbonyl (C=O) groups is 1. The average Bonchev–Trinajstić information content (AvgIpc) is 3.79. The molecule has 0 bridgehead atoms. The molecule has 0 spiro atoms. The van der Waals surface area contributed by atoms with E-state index < -0.39 is 17.8 Å². The molecule has 2 aliphatic heterocycles. The zero-order valence-electron chi connectivity index (χ0n) is 25.9. The third-order valence-corrected chi connectivity index (χ3v) is 9.12. The number of alkyl halides is 3. The molecule has 242 valence electrons. The molecule has 2 N–H and O–H groups in total. The predicted molar refractivity (Wildman–Crippen MR) is 167 cm³/mol. The molecule has 1 saturated carbocycles. The molecule has 1 aliphatic carbocycles. The van der Waals surface area contributed by atoms with Gasteiger partial charge in [-0.1, -0.05) is 19.9 Å². The van der Waals surface area contributed by atoms with Crippen molar-refractivity contribution in [2.24, 2.45) is 0 Å². The van der Waals surface area contributed by atoms with E-state index in [4.69, 9.17) is 9.72 Å². The summed E-state index contributed by atoms with van der Waals surface area (Å²) in [6.45, 7) is 8.94. The van der Waals surface area contributed by atoms with Gasteiger partial charge in [0.1, 0.15) is 11.6 Å². The molecule has 46 heavy (non-hydrogen) atoms. The number of halogens is 3. The highest BCUT2D eigenvalue weighted by Gasteiger charge is 2.35. The number of rotatable bonds is 7. The van der Waals surface area contributed by atoms with Crippen LogP contribution in [0.4, 0.5) is 23.7 Å². The van der Waals surface area contributed by atoms with E-state index in [0.29, 0.717) is 35.1 Å². The van der Waals surface area contributed by atoms with Crippen molar-refractivity contribution >= 4 is 22.9 Å². The van der Waals surface area contributed by atoms with Gasteiger partial charge < -0.3 is 24.8 Å². The lowest BCUT2D eigenvalue weighted by Gasteiger charge is -2.34. The Hall–Kier alpha value is -4.23. The summed E-state index contributed by atoms with van der Waals surface area (Å²) in [6.07, 6.45) is 1.00. The number of likely N-dealkylation sites (N-methyl/N-ethyl adjacent to an activating group) is 1. The molecule has 1 atom stereocenters. The normalized spacial score (nSPS) is 19.3. The minimum absolute atomic E-state index is 0.0788. The summed E-state index contributed by atoms with van der Waals surface area (Å²) in [5.41, 5.74) is 2.58. The van der Waals surface area contributed by atoms with Gasteiger partial charge >= 0.3 is 12.2 Å². The molecule has 1 saturated heterocycles. The number of fused-ring (bicyclic) bond motifs is 2. The van der Waals surface area contributed by atoms with Crippen molar-refractivity contribution in [1.82, 2.24) is 34.6 Å². The molecule has 13 heteroatoms. The van der Waals surface area contributed by atoms with Crippen LogP contribution in [0.2, 0.25) is 0 Å². The molecule has 10 nitrogen and oxygen atoms in total. The Kier molecular flexibility index (Phi) is 8.05. The fourth-order valence-electron chi connectivity index (χ4n) is 6.40. The smallest absolute Gasteiger partial charge is 0.416 e. The maximum Gasteiger partial charge on any atom is 0.416 e. The van der Waals surface area contributed by atoms with Gasteiger partial charge in [-0.25, -0.2) is 14.8 Å².